The molecule has 2 heterocycles. The number of hydrogen-bond acceptors (Lipinski definition) is 5. The van der Waals surface area contributed by atoms with E-state index in [0.717, 1.165) is 40.1 Å². The number of aromatic amines is 1. The van der Waals surface area contributed by atoms with Crippen LogP contribution in [0.1, 0.15) is 29.3 Å². The van der Waals surface area contributed by atoms with Crippen LogP contribution in [-0.4, -0.2) is 25.7 Å². The average molecular weight is 464 g/mol. The number of anilines is 1. The molecule has 4 aromatic rings. The van der Waals surface area contributed by atoms with Gasteiger partial charge in [0.15, 0.2) is 15.7 Å². The van der Waals surface area contributed by atoms with E-state index in [2.05, 4.69) is 51.7 Å². The predicted octanol–water partition coefficient (Wildman–Crippen LogP) is 5.94. The lowest BCUT2D eigenvalue weighted by Crippen LogP contribution is -2.19. The number of amides is 1. The van der Waals surface area contributed by atoms with Gasteiger partial charge < -0.3 is 5.32 Å². The monoisotopic (exact) mass is 463 g/mol. The van der Waals surface area contributed by atoms with Crippen LogP contribution < -0.4 is 5.32 Å². The summed E-state index contributed by atoms with van der Waals surface area (Å²) in [5.41, 5.74) is 5.29. The second kappa shape index (κ2) is 9.58. The second-order valence-electron chi connectivity index (χ2n) is 7.73. The molecule has 0 atom stereocenters. The molecule has 1 amide bonds. The van der Waals surface area contributed by atoms with Crippen molar-refractivity contribution >= 4 is 34.6 Å². The number of hydrogen-bond donors (Lipinski definition) is 2. The molecule has 0 spiro atoms. The number of aromatic nitrogens is 4. The van der Waals surface area contributed by atoms with E-state index in [-0.39, 0.29) is 12.5 Å². The molecule has 0 aliphatic rings. The van der Waals surface area contributed by atoms with Gasteiger partial charge in [0, 0.05) is 16.0 Å². The van der Waals surface area contributed by atoms with Gasteiger partial charge in [0.25, 0.3) is 0 Å². The molecule has 4 rings (SSSR count). The fourth-order valence-electron chi connectivity index (χ4n) is 3.61. The van der Waals surface area contributed by atoms with Crippen molar-refractivity contribution in [1.82, 2.24) is 19.7 Å². The number of carbonyl (C=O) groups excluding carboxylic acids is 1. The maximum Gasteiger partial charge on any atom is 0.246 e. The third-order valence-corrected chi connectivity index (χ3v) is 6.34. The number of rotatable bonds is 7. The minimum Gasteiger partial charge on any atom is -0.300 e. The maximum absolute atomic E-state index is 12.8. The van der Waals surface area contributed by atoms with E-state index in [0.29, 0.717) is 15.7 Å². The van der Waals surface area contributed by atoms with Gasteiger partial charge in [-0.2, -0.15) is 5.10 Å². The normalized spacial score (nSPS) is 11.0. The SMILES string of the molecule is CCCc1ccc(-c2nc(NC(=O)Cn3c(-c4cccc(C)c4)n[nH]c3=S)sc2C)cc1. The summed E-state index contributed by atoms with van der Waals surface area (Å²) in [7, 11) is 0. The van der Waals surface area contributed by atoms with Gasteiger partial charge in [0.05, 0.1) is 5.69 Å². The summed E-state index contributed by atoms with van der Waals surface area (Å²) in [4.78, 5) is 18.5. The molecule has 0 radical (unpaired) electrons. The fourth-order valence-corrected chi connectivity index (χ4v) is 4.66. The largest absolute Gasteiger partial charge is 0.300 e. The molecule has 164 valence electrons. The Bertz CT molecular complexity index is 1300. The summed E-state index contributed by atoms with van der Waals surface area (Å²) in [5.74, 6) is 0.437. The summed E-state index contributed by atoms with van der Waals surface area (Å²) in [6.07, 6.45) is 2.19. The molecule has 0 aliphatic heterocycles. The van der Waals surface area contributed by atoms with Crippen LogP contribution in [0.25, 0.3) is 22.6 Å². The standard InChI is InChI=1S/C24H25N5OS2/c1-4-6-17-9-11-18(12-10-17)21-16(3)32-23(26-21)25-20(30)14-29-22(27-28-24(29)31)19-8-5-7-15(2)13-19/h5,7-13H,4,6,14H2,1-3H3,(H,28,31)(H,25,26,30). The molecule has 8 heteroatoms. The van der Waals surface area contributed by atoms with Crippen molar-refractivity contribution < 1.29 is 4.79 Å². The van der Waals surface area contributed by atoms with Crippen molar-refractivity contribution in [2.24, 2.45) is 0 Å². The minimum atomic E-state index is -0.199. The van der Waals surface area contributed by atoms with Crippen molar-refractivity contribution in [3.8, 4) is 22.6 Å². The van der Waals surface area contributed by atoms with Gasteiger partial charge >= 0.3 is 0 Å². The lowest BCUT2D eigenvalue weighted by molar-refractivity contribution is -0.116. The van der Waals surface area contributed by atoms with Gasteiger partial charge in [-0.1, -0.05) is 61.4 Å². The van der Waals surface area contributed by atoms with E-state index < -0.39 is 0 Å². The van der Waals surface area contributed by atoms with E-state index in [1.54, 1.807) is 4.57 Å². The zero-order chi connectivity index (χ0) is 22.7. The first-order valence-electron chi connectivity index (χ1n) is 10.5. The topological polar surface area (TPSA) is 75.6 Å². The number of aryl methyl sites for hydroxylation is 3. The average Bonchev–Trinajstić information content (AvgIpc) is 3.31. The molecule has 2 aromatic carbocycles. The summed E-state index contributed by atoms with van der Waals surface area (Å²) in [6, 6.07) is 16.4. The molecule has 6 nitrogen and oxygen atoms in total. The van der Waals surface area contributed by atoms with E-state index in [1.807, 2.05) is 38.1 Å². The van der Waals surface area contributed by atoms with Crippen molar-refractivity contribution in [3.05, 3.63) is 69.3 Å². The number of carbonyl (C=O) groups is 1. The Morgan fingerprint density at radius 2 is 1.94 bits per heavy atom. The van der Waals surface area contributed by atoms with Crippen molar-refractivity contribution in [1.29, 1.82) is 0 Å². The van der Waals surface area contributed by atoms with E-state index in [1.165, 1.54) is 16.9 Å². The highest BCUT2D eigenvalue weighted by Gasteiger charge is 2.16. The number of nitrogens with zero attached hydrogens (tertiary/aromatic N) is 3. The summed E-state index contributed by atoms with van der Waals surface area (Å²) in [5, 5.41) is 10.6. The smallest absolute Gasteiger partial charge is 0.246 e. The van der Waals surface area contributed by atoms with Crippen LogP contribution in [-0.2, 0) is 17.8 Å². The lowest BCUT2D eigenvalue weighted by Gasteiger charge is -2.07. The van der Waals surface area contributed by atoms with Gasteiger partial charge in [0.1, 0.15) is 6.54 Å². The molecule has 0 saturated carbocycles. The highest BCUT2D eigenvalue weighted by molar-refractivity contribution is 7.71. The highest BCUT2D eigenvalue weighted by Crippen LogP contribution is 2.30. The number of benzene rings is 2. The van der Waals surface area contributed by atoms with Crippen molar-refractivity contribution in [2.75, 3.05) is 5.32 Å². The predicted molar refractivity (Wildman–Crippen MR) is 132 cm³/mol. The van der Waals surface area contributed by atoms with E-state index in [4.69, 9.17) is 12.2 Å². The van der Waals surface area contributed by atoms with Crippen molar-refractivity contribution in [3.63, 3.8) is 0 Å². The Kier molecular flexibility index (Phi) is 6.62. The molecule has 0 bridgehead atoms. The first-order chi connectivity index (χ1) is 15.4. The zero-order valence-corrected chi connectivity index (χ0v) is 19.9. The van der Waals surface area contributed by atoms with Gasteiger partial charge in [-0.05, 0) is 44.1 Å². The Hall–Kier alpha value is -3.10. The third-order valence-electron chi connectivity index (χ3n) is 5.15. The quantitative estimate of drug-likeness (QED) is 0.333. The van der Waals surface area contributed by atoms with Crippen LogP contribution in [0, 0.1) is 18.6 Å². The molecule has 2 N–H and O–H groups in total. The van der Waals surface area contributed by atoms with Crippen LogP contribution in [0.5, 0.6) is 0 Å². The molecule has 0 saturated heterocycles. The van der Waals surface area contributed by atoms with Crippen LogP contribution in [0.2, 0.25) is 0 Å². The minimum absolute atomic E-state index is 0.0539. The zero-order valence-electron chi connectivity index (χ0n) is 18.3. The fraction of sp³-hybridized carbons (Fsp3) is 0.250. The molecule has 0 fully saturated rings. The third kappa shape index (κ3) is 4.87. The molecular weight excluding hydrogens is 438 g/mol. The van der Waals surface area contributed by atoms with Gasteiger partial charge in [-0.3, -0.25) is 14.5 Å². The number of nitrogens with one attached hydrogen (secondary N) is 2. The summed E-state index contributed by atoms with van der Waals surface area (Å²) >= 11 is 6.83. The molecule has 0 unspecified atom stereocenters. The van der Waals surface area contributed by atoms with Gasteiger partial charge in [0.2, 0.25) is 5.91 Å². The van der Waals surface area contributed by atoms with Crippen molar-refractivity contribution in [2.45, 2.75) is 40.2 Å². The Morgan fingerprint density at radius 1 is 1.16 bits per heavy atom. The van der Waals surface area contributed by atoms with Crippen LogP contribution >= 0.6 is 23.6 Å². The Balaban J connectivity index is 1.51. The first-order valence-corrected chi connectivity index (χ1v) is 11.8. The summed E-state index contributed by atoms with van der Waals surface area (Å²) < 4.78 is 2.10. The van der Waals surface area contributed by atoms with E-state index in [9.17, 15) is 4.79 Å². The van der Waals surface area contributed by atoms with E-state index >= 15 is 0 Å². The maximum atomic E-state index is 12.8. The number of H-pyrrole nitrogens is 1. The molecule has 32 heavy (non-hydrogen) atoms. The van der Waals surface area contributed by atoms with Crippen LogP contribution in [0.15, 0.2) is 48.5 Å². The molecule has 0 aliphatic carbocycles. The van der Waals surface area contributed by atoms with Gasteiger partial charge in [-0.25, -0.2) is 4.98 Å². The van der Waals surface area contributed by atoms with Gasteiger partial charge in [-0.15, -0.1) is 11.3 Å². The molecule has 2 aromatic heterocycles. The number of thiazole rings is 1. The second-order valence-corrected chi connectivity index (χ2v) is 9.32. The van der Waals surface area contributed by atoms with Crippen LogP contribution in [0.4, 0.5) is 5.13 Å². The lowest BCUT2D eigenvalue weighted by atomic mass is 10.1. The Labute approximate surface area is 196 Å². The molecular formula is C24H25N5OS2. The first kappa shape index (κ1) is 22.1. The Morgan fingerprint density at radius 3 is 2.66 bits per heavy atom. The van der Waals surface area contributed by atoms with Crippen LogP contribution in [0.3, 0.4) is 0 Å². The highest BCUT2D eigenvalue weighted by atomic mass is 32.1. The summed E-state index contributed by atoms with van der Waals surface area (Å²) in [6.45, 7) is 6.26.